The van der Waals surface area contributed by atoms with E-state index in [4.69, 9.17) is 28.4 Å². The van der Waals surface area contributed by atoms with E-state index < -0.39 is 0 Å². The largest absolute Gasteiger partial charge is 0.496 e. The van der Waals surface area contributed by atoms with Crippen LogP contribution >= 0.6 is 0 Å². The number of rotatable bonds is 16. The lowest BCUT2D eigenvalue weighted by atomic mass is 9.87. The molecule has 2 aliphatic rings. The molecule has 0 aromatic heterocycles. The number of methoxy groups -OCH3 is 2. The normalized spacial score (nSPS) is 18.1. The summed E-state index contributed by atoms with van der Waals surface area (Å²) >= 11 is 0. The Morgan fingerprint density at radius 3 is 2.70 bits per heavy atom. The Balaban J connectivity index is 1.08. The third-order valence-corrected chi connectivity index (χ3v) is 8.16. The molecule has 0 amide bonds. The van der Waals surface area contributed by atoms with Crippen molar-refractivity contribution in [3.63, 3.8) is 0 Å². The van der Waals surface area contributed by atoms with Gasteiger partial charge in [-0.2, -0.15) is 0 Å². The minimum Gasteiger partial charge on any atom is -0.496 e. The van der Waals surface area contributed by atoms with E-state index in [2.05, 4.69) is 58.7 Å². The van der Waals surface area contributed by atoms with Crippen LogP contribution in [0.3, 0.4) is 0 Å². The van der Waals surface area contributed by atoms with Crippen molar-refractivity contribution < 1.29 is 28.4 Å². The van der Waals surface area contributed by atoms with Gasteiger partial charge in [-0.05, 0) is 72.8 Å². The van der Waals surface area contributed by atoms with Gasteiger partial charge < -0.3 is 38.6 Å². The van der Waals surface area contributed by atoms with E-state index in [0.29, 0.717) is 39.0 Å². The number of anilines is 1. The molecule has 43 heavy (non-hydrogen) atoms. The van der Waals surface area contributed by atoms with Gasteiger partial charge in [0, 0.05) is 32.7 Å². The maximum absolute atomic E-state index is 6.54. The number of hydrogen-bond donors (Lipinski definition) is 1. The molecule has 0 aliphatic carbocycles. The third kappa shape index (κ3) is 8.86. The van der Waals surface area contributed by atoms with Crippen LogP contribution in [0.1, 0.15) is 35.4 Å². The summed E-state index contributed by atoms with van der Waals surface area (Å²) in [6, 6.07) is 23.0. The number of hydrogen-bond acceptors (Lipinski definition) is 8. The average Bonchev–Trinajstić information content (AvgIpc) is 3.06. The molecule has 1 N–H and O–H groups in total. The molecule has 8 nitrogen and oxygen atoms in total. The lowest BCUT2D eigenvalue weighted by Crippen LogP contribution is -2.41. The Bertz CT molecular complexity index is 1250. The first-order valence-electron chi connectivity index (χ1n) is 15.5. The first-order chi connectivity index (χ1) is 21.2. The van der Waals surface area contributed by atoms with E-state index in [1.165, 1.54) is 11.1 Å². The van der Waals surface area contributed by atoms with Crippen LogP contribution in [0.4, 0.5) is 5.69 Å². The number of para-hydroxylation sites is 1. The van der Waals surface area contributed by atoms with Gasteiger partial charge in [0.25, 0.3) is 0 Å². The van der Waals surface area contributed by atoms with Gasteiger partial charge in [0.2, 0.25) is 0 Å². The number of piperidine rings is 1. The number of ether oxygens (including phenoxy) is 6. The zero-order chi connectivity index (χ0) is 29.7. The molecular weight excluding hydrogens is 544 g/mol. The fourth-order valence-electron chi connectivity index (χ4n) is 5.85. The molecule has 0 radical (unpaired) electrons. The highest BCUT2D eigenvalue weighted by molar-refractivity contribution is 5.61. The minimum absolute atomic E-state index is 0.0993. The van der Waals surface area contributed by atoms with Crippen LogP contribution in [0.15, 0.2) is 66.7 Å². The van der Waals surface area contributed by atoms with E-state index in [1.54, 1.807) is 14.2 Å². The number of fused-ring (bicyclic) bond motifs is 1. The van der Waals surface area contributed by atoms with Crippen LogP contribution < -0.4 is 24.4 Å². The molecule has 0 saturated carbocycles. The summed E-state index contributed by atoms with van der Waals surface area (Å²) in [4.78, 5) is 2.39. The Labute approximate surface area is 256 Å². The maximum atomic E-state index is 6.54. The van der Waals surface area contributed by atoms with Crippen molar-refractivity contribution >= 4 is 5.69 Å². The molecule has 3 aromatic carbocycles. The second-order valence-corrected chi connectivity index (χ2v) is 11.0. The summed E-state index contributed by atoms with van der Waals surface area (Å²) < 4.78 is 34.9. The second kappa shape index (κ2) is 16.5. The van der Waals surface area contributed by atoms with Crippen molar-refractivity contribution in [3.05, 3.63) is 83.4 Å². The number of nitrogens with one attached hydrogen (secondary N) is 1. The summed E-state index contributed by atoms with van der Waals surface area (Å²) in [6.45, 7) is 7.42. The van der Waals surface area contributed by atoms with Gasteiger partial charge in [-0.15, -0.1) is 0 Å². The van der Waals surface area contributed by atoms with Gasteiger partial charge >= 0.3 is 0 Å². The Morgan fingerprint density at radius 1 is 0.953 bits per heavy atom. The quantitative estimate of drug-likeness (QED) is 0.228. The summed E-state index contributed by atoms with van der Waals surface area (Å²) in [5.74, 6) is 3.04. The first-order valence-corrected chi connectivity index (χ1v) is 15.5. The van der Waals surface area contributed by atoms with Crippen LogP contribution in [0, 0.1) is 0 Å². The van der Waals surface area contributed by atoms with E-state index in [0.717, 1.165) is 80.5 Å². The molecular formula is C35H46N2O6. The highest BCUT2D eigenvalue weighted by Crippen LogP contribution is 2.34. The number of nitrogens with zero attached hydrogens (tertiary/aromatic N) is 1. The van der Waals surface area contributed by atoms with Crippen molar-refractivity contribution in [3.8, 4) is 17.2 Å². The highest BCUT2D eigenvalue weighted by Gasteiger charge is 2.27. The van der Waals surface area contributed by atoms with E-state index >= 15 is 0 Å². The van der Waals surface area contributed by atoms with Crippen molar-refractivity contribution in [1.29, 1.82) is 0 Å². The van der Waals surface area contributed by atoms with Crippen molar-refractivity contribution in [1.82, 2.24) is 5.32 Å². The SMILES string of the molecule is COCCCN1CCOc2ccc(CO[C@H]3CNCC[C@@H]3c3ccc(OCCOCCc4ccccc4OC)cc3)cc21. The van der Waals surface area contributed by atoms with Gasteiger partial charge in [0.15, 0.2) is 0 Å². The first kappa shape index (κ1) is 31.1. The zero-order valence-electron chi connectivity index (χ0n) is 25.6. The van der Waals surface area contributed by atoms with E-state index in [9.17, 15) is 0 Å². The van der Waals surface area contributed by atoms with E-state index in [-0.39, 0.29) is 6.10 Å². The topological polar surface area (TPSA) is 70.7 Å². The van der Waals surface area contributed by atoms with Crippen LogP contribution in [0.5, 0.6) is 17.2 Å². The fourth-order valence-corrected chi connectivity index (χ4v) is 5.85. The van der Waals surface area contributed by atoms with Gasteiger partial charge in [-0.1, -0.05) is 36.4 Å². The second-order valence-electron chi connectivity index (χ2n) is 11.0. The molecule has 0 spiro atoms. The summed E-state index contributed by atoms with van der Waals surface area (Å²) in [5.41, 5.74) is 4.76. The van der Waals surface area contributed by atoms with Crippen LogP contribution in [-0.4, -0.2) is 79.5 Å². The predicted molar refractivity (Wildman–Crippen MR) is 169 cm³/mol. The molecule has 0 unspecified atom stereocenters. The lowest BCUT2D eigenvalue weighted by Gasteiger charge is -2.33. The average molecular weight is 591 g/mol. The molecule has 1 fully saturated rings. The molecule has 5 rings (SSSR count). The van der Waals surface area contributed by atoms with Crippen LogP contribution in [0.25, 0.3) is 0 Å². The molecule has 0 bridgehead atoms. The predicted octanol–water partition coefficient (Wildman–Crippen LogP) is 5.23. The molecule has 3 aromatic rings. The maximum Gasteiger partial charge on any atom is 0.142 e. The molecule has 8 heteroatoms. The van der Waals surface area contributed by atoms with Gasteiger partial charge in [-0.3, -0.25) is 0 Å². The monoisotopic (exact) mass is 590 g/mol. The van der Waals surface area contributed by atoms with Crippen molar-refractivity contribution in [2.45, 2.75) is 37.9 Å². The smallest absolute Gasteiger partial charge is 0.142 e. The Hall–Kier alpha value is -3.30. The third-order valence-electron chi connectivity index (χ3n) is 8.16. The van der Waals surface area contributed by atoms with Gasteiger partial charge in [0.05, 0.1) is 45.3 Å². The van der Waals surface area contributed by atoms with Crippen LogP contribution in [0.2, 0.25) is 0 Å². The number of benzene rings is 3. The molecule has 2 atom stereocenters. The summed E-state index contributed by atoms with van der Waals surface area (Å²) in [7, 11) is 3.45. The van der Waals surface area contributed by atoms with Gasteiger partial charge in [0.1, 0.15) is 30.5 Å². The molecule has 2 heterocycles. The van der Waals surface area contributed by atoms with Gasteiger partial charge in [-0.25, -0.2) is 0 Å². The summed E-state index contributed by atoms with van der Waals surface area (Å²) in [6.07, 6.45) is 2.94. The summed E-state index contributed by atoms with van der Waals surface area (Å²) in [5, 5.41) is 3.52. The Morgan fingerprint density at radius 2 is 1.84 bits per heavy atom. The molecule has 2 aliphatic heterocycles. The van der Waals surface area contributed by atoms with Crippen LogP contribution in [-0.2, 0) is 27.2 Å². The zero-order valence-corrected chi connectivity index (χ0v) is 25.6. The fraction of sp³-hybridized carbons (Fsp3) is 0.486. The highest BCUT2D eigenvalue weighted by atomic mass is 16.5. The van der Waals surface area contributed by atoms with Crippen molar-refractivity contribution in [2.75, 3.05) is 78.3 Å². The molecule has 1 saturated heterocycles. The van der Waals surface area contributed by atoms with E-state index in [1.807, 2.05) is 18.2 Å². The Kier molecular flexibility index (Phi) is 12.0. The standard InChI is InChI=1S/C35H46N2O6/c1-38-19-5-17-37-18-21-42-34-13-8-27(24-32(34)37)26-43-35-25-36-16-14-31(35)28-9-11-30(12-10-28)41-23-22-40-20-15-29-6-3-4-7-33(29)39-2/h3-4,6-13,24,31,35-36H,5,14-23,25-26H2,1-2H3/t31-,35+/m1/s1. The van der Waals surface area contributed by atoms with Crippen molar-refractivity contribution in [2.24, 2.45) is 0 Å². The molecule has 232 valence electrons. The minimum atomic E-state index is 0.0993. The lowest BCUT2D eigenvalue weighted by molar-refractivity contribution is 0.0106.